The average Bonchev–Trinajstić information content (AvgIpc) is 2.64. The van der Waals surface area contributed by atoms with Crippen LogP contribution in [0.3, 0.4) is 0 Å². The highest BCUT2D eigenvalue weighted by atomic mass is 15.2. The Kier molecular flexibility index (Phi) is 5.49. The maximum absolute atomic E-state index is 5.55. The molecule has 1 heterocycles. The molecule has 2 N–H and O–H groups in total. The number of aryl methyl sites for hydroxylation is 1. The van der Waals surface area contributed by atoms with Crippen LogP contribution in [0.1, 0.15) is 25.8 Å². The molecule has 0 spiro atoms. The van der Waals surface area contributed by atoms with E-state index in [4.69, 9.17) is 5.73 Å². The highest BCUT2D eigenvalue weighted by molar-refractivity contribution is 5.04. The van der Waals surface area contributed by atoms with Crippen molar-refractivity contribution in [1.82, 2.24) is 14.7 Å². The fraction of sp³-hybridized carbons (Fsp3) is 0.750. The molecule has 16 heavy (non-hydrogen) atoms. The Hall–Kier alpha value is -0.870. The number of aromatic nitrogens is 2. The van der Waals surface area contributed by atoms with Crippen molar-refractivity contribution in [2.75, 3.05) is 19.6 Å². The van der Waals surface area contributed by atoms with Crippen molar-refractivity contribution in [3.8, 4) is 0 Å². The quantitative estimate of drug-likeness (QED) is 0.752. The minimum atomic E-state index is 0.586. The van der Waals surface area contributed by atoms with E-state index in [1.165, 1.54) is 5.56 Å². The molecule has 0 unspecified atom stereocenters. The van der Waals surface area contributed by atoms with E-state index < -0.39 is 0 Å². The second kappa shape index (κ2) is 6.66. The molecule has 4 heteroatoms. The van der Waals surface area contributed by atoms with Crippen LogP contribution >= 0.6 is 0 Å². The van der Waals surface area contributed by atoms with Crippen molar-refractivity contribution in [2.45, 2.75) is 32.7 Å². The van der Waals surface area contributed by atoms with Gasteiger partial charge >= 0.3 is 0 Å². The van der Waals surface area contributed by atoms with Crippen molar-refractivity contribution >= 4 is 0 Å². The Morgan fingerprint density at radius 2 is 2.19 bits per heavy atom. The van der Waals surface area contributed by atoms with Crippen LogP contribution < -0.4 is 5.73 Å². The zero-order chi connectivity index (χ0) is 12.0. The van der Waals surface area contributed by atoms with Crippen LogP contribution in [0.25, 0.3) is 0 Å². The summed E-state index contributed by atoms with van der Waals surface area (Å²) >= 11 is 0. The van der Waals surface area contributed by atoms with Gasteiger partial charge in [0.1, 0.15) is 0 Å². The van der Waals surface area contributed by atoms with Gasteiger partial charge in [0.2, 0.25) is 0 Å². The summed E-state index contributed by atoms with van der Waals surface area (Å²) in [6, 6.07) is 0.586. The van der Waals surface area contributed by atoms with Gasteiger partial charge in [0.15, 0.2) is 0 Å². The maximum Gasteiger partial charge on any atom is 0.0522 e. The zero-order valence-corrected chi connectivity index (χ0v) is 10.7. The van der Waals surface area contributed by atoms with Gasteiger partial charge in [-0.05, 0) is 45.3 Å². The number of nitrogens with two attached hydrogens (primary N) is 1. The van der Waals surface area contributed by atoms with E-state index in [-0.39, 0.29) is 0 Å². The molecule has 1 aromatic rings. The Labute approximate surface area is 98.4 Å². The topological polar surface area (TPSA) is 47.1 Å². The number of hydrogen-bond acceptors (Lipinski definition) is 3. The number of nitrogens with zero attached hydrogens (tertiary/aromatic N) is 3. The van der Waals surface area contributed by atoms with Gasteiger partial charge in [-0.25, -0.2) is 0 Å². The first kappa shape index (κ1) is 13.2. The van der Waals surface area contributed by atoms with Gasteiger partial charge in [0.25, 0.3) is 0 Å². The predicted molar refractivity (Wildman–Crippen MR) is 67.3 cm³/mol. The summed E-state index contributed by atoms with van der Waals surface area (Å²) in [5.74, 6) is 0. The lowest BCUT2D eigenvalue weighted by atomic mass is 10.2. The minimum Gasteiger partial charge on any atom is -0.330 e. The van der Waals surface area contributed by atoms with Gasteiger partial charge < -0.3 is 10.6 Å². The number of rotatable bonds is 7. The Morgan fingerprint density at radius 1 is 1.44 bits per heavy atom. The molecule has 4 nitrogen and oxygen atoms in total. The molecule has 0 atom stereocenters. The summed E-state index contributed by atoms with van der Waals surface area (Å²) in [6.45, 7) is 7.42. The number of hydrogen-bond donors (Lipinski definition) is 1. The summed E-state index contributed by atoms with van der Waals surface area (Å²) in [7, 11) is 1.96. The van der Waals surface area contributed by atoms with Gasteiger partial charge in [0, 0.05) is 25.8 Å². The molecule has 0 fully saturated rings. The van der Waals surface area contributed by atoms with Gasteiger partial charge in [-0.15, -0.1) is 0 Å². The molecule has 0 aliphatic carbocycles. The fourth-order valence-corrected chi connectivity index (χ4v) is 1.80. The Morgan fingerprint density at radius 3 is 2.69 bits per heavy atom. The van der Waals surface area contributed by atoms with Crippen molar-refractivity contribution in [3.63, 3.8) is 0 Å². The van der Waals surface area contributed by atoms with E-state index >= 15 is 0 Å². The standard InChI is InChI=1S/C12H24N4/c1-11(2)16(7-4-6-13)8-5-12-9-14-15(3)10-12/h9-11H,4-8,13H2,1-3H3. The van der Waals surface area contributed by atoms with Crippen molar-refractivity contribution in [3.05, 3.63) is 18.0 Å². The summed E-state index contributed by atoms with van der Waals surface area (Å²) in [6.07, 6.45) is 6.17. The first-order valence-electron chi connectivity index (χ1n) is 6.05. The third-order valence-electron chi connectivity index (χ3n) is 2.83. The molecule has 0 saturated heterocycles. The lowest BCUT2D eigenvalue weighted by Gasteiger charge is -2.25. The summed E-state index contributed by atoms with van der Waals surface area (Å²) in [4.78, 5) is 2.47. The molecule has 0 aliphatic rings. The van der Waals surface area contributed by atoms with Crippen molar-refractivity contribution in [2.24, 2.45) is 12.8 Å². The van der Waals surface area contributed by atoms with Crippen LogP contribution in [0.2, 0.25) is 0 Å². The SMILES string of the molecule is CC(C)N(CCCN)CCc1cnn(C)c1. The first-order valence-corrected chi connectivity index (χ1v) is 6.05. The highest BCUT2D eigenvalue weighted by Crippen LogP contribution is 2.04. The van der Waals surface area contributed by atoms with Crippen LogP contribution in [0.5, 0.6) is 0 Å². The van der Waals surface area contributed by atoms with E-state index in [0.29, 0.717) is 6.04 Å². The van der Waals surface area contributed by atoms with Crippen LogP contribution in [0.4, 0.5) is 0 Å². The van der Waals surface area contributed by atoms with E-state index in [1.54, 1.807) is 0 Å². The van der Waals surface area contributed by atoms with Crippen molar-refractivity contribution < 1.29 is 0 Å². The maximum atomic E-state index is 5.55. The molecule has 0 aromatic carbocycles. The van der Waals surface area contributed by atoms with Gasteiger partial charge in [-0.3, -0.25) is 4.68 Å². The average molecular weight is 224 g/mol. The van der Waals surface area contributed by atoms with Crippen LogP contribution in [-0.2, 0) is 13.5 Å². The fourth-order valence-electron chi connectivity index (χ4n) is 1.80. The molecule has 92 valence electrons. The lowest BCUT2D eigenvalue weighted by Crippen LogP contribution is -2.34. The summed E-state index contributed by atoms with van der Waals surface area (Å²) < 4.78 is 1.86. The molecule has 1 aromatic heterocycles. The molecule has 0 amide bonds. The predicted octanol–water partition coefficient (Wildman–Crippen LogP) is 1.02. The largest absolute Gasteiger partial charge is 0.330 e. The zero-order valence-electron chi connectivity index (χ0n) is 10.7. The third kappa shape index (κ3) is 4.33. The van der Waals surface area contributed by atoms with Crippen LogP contribution in [0, 0.1) is 0 Å². The second-order valence-corrected chi connectivity index (χ2v) is 4.54. The van der Waals surface area contributed by atoms with Crippen LogP contribution in [-0.4, -0.2) is 40.4 Å². The minimum absolute atomic E-state index is 0.586. The summed E-state index contributed by atoms with van der Waals surface area (Å²) in [5.41, 5.74) is 6.85. The molecule has 0 saturated carbocycles. The molecule has 1 rings (SSSR count). The van der Waals surface area contributed by atoms with E-state index in [1.807, 2.05) is 17.9 Å². The molecule has 0 aliphatic heterocycles. The van der Waals surface area contributed by atoms with Gasteiger partial charge in [-0.1, -0.05) is 0 Å². The summed E-state index contributed by atoms with van der Waals surface area (Å²) in [5, 5.41) is 4.18. The molecular formula is C12H24N4. The van der Waals surface area contributed by atoms with Gasteiger partial charge in [-0.2, -0.15) is 5.10 Å². The monoisotopic (exact) mass is 224 g/mol. The van der Waals surface area contributed by atoms with E-state index in [2.05, 4.69) is 30.0 Å². The normalized spacial score (nSPS) is 11.6. The third-order valence-corrected chi connectivity index (χ3v) is 2.83. The molecule has 0 radical (unpaired) electrons. The second-order valence-electron chi connectivity index (χ2n) is 4.54. The van der Waals surface area contributed by atoms with E-state index in [0.717, 1.165) is 32.5 Å². The lowest BCUT2D eigenvalue weighted by molar-refractivity contribution is 0.223. The molecular weight excluding hydrogens is 200 g/mol. The smallest absolute Gasteiger partial charge is 0.0522 e. The highest BCUT2D eigenvalue weighted by Gasteiger charge is 2.09. The van der Waals surface area contributed by atoms with E-state index in [9.17, 15) is 0 Å². The van der Waals surface area contributed by atoms with Gasteiger partial charge in [0.05, 0.1) is 6.20 Å². The van der Waals surface area contributed by atoms with Crippen molar-refractivity contribution in [1.29, 1.82) is 0 Å². The Bertz CT molecular complexity index is 293. The van der Waals surface area contributed by atoms with Crippen LogP contribution in [0.15, 0.2) is 12.4 Å². The first-order chi connectivity index (χ1) is 7.63. The molecule has 0 bridgehead atoms. The Balaban J connectivity index is 2.37.